The van der Waals surface area contributed by atoms with Gasteiger partial charge >= 0.3 is 9.28 Å². The summed E-state index contributed by atoms with van der Waals surface area (Å²) in [7, 11) is -4.16. The number of rotatable bonds is 10. The highest BCUT2D eigenvalue weighted by Crippen LogP contribution is 2.26. The van der Waals surface area contributed by atoms with Gasteiger partial charge in [0.15, 0.2) is 18.1 Å². The Bertz CT molecular complexity index is 411. The smallest absolute Gasteiger partial charge is 0.305 e. The van der Waals surface area contributed by atoms with Crippen molar-refractivity contribution in [2.24, 2.45) is 0 Å². The van der Waals surface area contributed by atoms with Crippen LogP contribution in [0.4, 0.5) is 0 Å². The molecular formula is C19H38O2Si3. The summed E-state index contributed by atoms with van der Waals surface area (Å²) in [5.41, 5.74) is 4.03. The maximum Gasteiger partial charge on any atom is 0.305 e. The quantitative estimate of drug-likeness (QED) is 0.523. The first-order valence-electron chi connectivity index (χ1n) is 9.57. The molecule has 0 spiro atoms. The van der Waals surface area contributed by atoms with E-state index in [2.05, 4.69) is 85.7 Å². The van der Waals surface area contributed by atoms with Crippen LogP contribution in [0.1, 0.15) is 61.0 Å². The molecule has 0 heterocycles. The second kappa shape index (κ2) is 10.7. The van der Waals surface area contributed by atoms with Gasteiger partial charge in [0.05, 0.1) is 0 Å². The van der Waals surface area contributed by atoms with Gasteiger partial charge in [-0.25, -0.2) is 0 Å². The van der Waals surface area contributed by atoms with E-state index in [0.29, 0.717) is 22.2 Å². The lowest BCUT2D eigenvalue weighted by Crippen LogP contribution is -2.42. The van der Waals surface area contributed by atoms with E-state index in [4.69, 9.17) is 8.23 Å². The second-order valence-corrected chi connectivity index (χ2v) is 18.9. The third kappa shape index (κ3) is 7.35. The van der Waals surface area contributed by atoms with Gasteiger partial charge in [-0.05, 0) is 27.7 Å². The van der Waals surface area contributed by atoms with E-state index < -0.39 is 27.4 Å². The second-order valence-electron chi connectivity index (χ2n) is 8.30. The Balaban J connectivity index is 2.93. The van der Waals surface area contributed by atoms with E-state index in [-0.39, 0.29) is 0 Å². The van der Waals surface area contributed by atoms with Crippen molar-refractivity contribution in [3.05, 3.63) is 35.9 Å². The summed E-state index contributed by atoms with van der Waals surface area (Å²) in [5.74, 6) is 0. The van der Waals surface area contributed by atoms with Crippen molar-refractivity contribution >= 4 is 27.4 Å². The molecule has 0 aliphatic carbocycles. The Morgan fingerprint density at radius 3 is 1.38 bits per heavy atom. The first-order valence-corrected chi connectivity index (χ1v) is 14.9. The average molecular weight is 383 g/mol. The van der Waals surface area contributed by atoms with Crippen LogP contribution in [0.5, 0.6) is 0 Å². The van der Waals surface area contributed by atoms with Crippen molar-refractivity contribution in [1.29, 1.82) is 0 Å². The van der Waals surface area contributed by atoms with E-state index in [1.54, 1.807) is 0 Å². The highest BCUT2D eigenvalue weighted by Gasteiger charge is 2.31. The fourth-order valence-corrected chi connectivity index (χ4v) is 16.6. The Hall–Kier alpha value is -0.209. The zero-order chi connectivity index (χ0) is 18.3. The number of hydrogen-bond donors (Lipinski definition) is 0. The molecule has 0 bridgehead atoms. The summed E-state index contributed by atoms with van der Waals surface area (Å²) in [6.07, 6.45) is 0. The molecule has 24 heavy (non-hydrogen) atoms. The fourth-order valence-electron chi connectivity index (χ4n) is 3.45. The first-order chi connectivity index (χ1) is 11.2. The lowest BCUT2D eigenvalue weighted by molar-refractivity contribution is 0.406. The monoisotopic (exact) mass is 382 g/mol. The van der Waals surface area contributed by atoms with Gasteiger partial charge in [-0.2, -0.15) is 0 Å². The molecule has 0 atom stereocenters. The van der Waals surface area contributed by atoms with Crippen LogP contribution >= 0.6 is 0 Å². The molecule has 0 radical (unpaired) electrons. The summed E-state index contributed by atoms with van der Waals surface area (Å²) in [6, 6.07) is 11.8. The zero-order valence-corrected chi connectivity index (χ0v) is 20.4. The van der Waals surface area contributed by atoms with Gasteiger partial charge in [-0.3, -0.25) is 0 Å². The van der Waals surface area contributed by atoms with Gasteiger partial charge < -0.3 is 8.23 Å². The maximum atomic E-state index is 6.80. The van der Waals surface area contributed by atoms with Crippen LogP contribution in [0.25, 0.3) is 0 Å². The molecule has 0 fully saturated rings. The van der Waals surface area contributed by atoms with Gasteiger partial charge in [-0.1, -0.05) is 85.7 Å². The third-order valence-electron chi connectivity index (χ3n) is 4.49. The van der Waals surface area contributed by atoms with E-state index in [1.807, 2.05) is 0 Å². The van der Waals surface area contributed by atoms with Crippen LogP contribution in [-0.2, 0) is 14.3 Å². The van der Waals surface area contributed by atoms with Crippen molar-refractivity contribution < 1.29 is 8.23 Å². The van der Waals surface area contributed by atoms with Crippen LogP contribution in [-0.4, -0.2) is 27.4 Å². The highest BCUT2D eigenvalue weighted by atomic mass is 28.4. The van der Waals surface area contributed by atoms with Gasteiger partial charge in [-0.15, -0.1) is 0 Å². The molecule has 0 unspecified atom stereocenters. The molecule has 5 heteroatoms. The molecule has 0 saturated heterocycles. The topological polar surface area (TPSA) is 18.5 Å². The van der Waals surface area contributed by atoms with Crippen LogP contribution < -0.4 is 0 Å². The van der Waals surface area contributed by atoms with Crippen LogP contribution in [0, 0.1) is 0 Å². The largest absolute Gasteiger partial charge is 0.440 e. The minimum Gasteiger partial charge on any atom is -0.440 e. The highest BCUT2D eigenvalue weighted by molar-refractivity contribution is 6.70. The standard InChI is InChI=1S/C19H38O2Si3/c1-15(2)23(16(3)4)20-22(14-19-12-10-9-11-13-19)21-24(17(5)6)18(7)8/h9-13,15-18,22-24H,14H2,1-8H3. The van der Waals surface area contributed by atoms with Crippen molar-refractivity contribution in [2.45, 2.75) is 83.6 Å². The first kappa shape index (κ1) is 21.8. The number of hydrogen-bond acceptors (Lipinski definition) is 2. The summed E-state index contributed by atoms with van der Waals surface area (Å²) in [5, 5.41) is 0. The molecule has 0 aliphatic rings. The molecule has 1 aromatic carbocycles. The van der Waals surface area contributed by atoms with E-state index in [9.17, 15) is 0 Å². The molecule has 0 aromatic heterocycles. The minimum absolute atomic E-state index is 0.664. The van der Waals surface area contributed by atoms with Gasteiger partial charge in [0.1, 0.15) is 0 Å². The van der Waals surface area contributed by atoms with Crippen LogP contribution in [0.3, 0.4) is 0 Å². The van der Waals surface area contributed by atoms with Crippen molar-refractivity contribution in [3.8, 4) is 0 Å². The Kier molecular flexibility index (Phi) is 9.74. The van der Waals surface area contributed by atoms with Gasteiger partial charge in [0.25, 0.3) is 0 Å². The van der Waals surface area contributed by atoms with Crippen LogP contribution in [0.15, 0.2) is 30.3 Å². The predicted molar refractivity (Wildman–Crippen MR) is 114 cm³/mol. The van der Waals surface area contributed by atoms with Crippen LogP contribution in [0.2, 0.25) is 22.2 Å². The Morgan fingerprint density at radius 1 is 0.667 bits per heavy atom. The summed E-state index contributed by atoms with van der Waals surface area (Å²) in [4.78, 5) is 0. The van der Waals surface area contributed by atoms with Gasteiger partial charge in [0.2, 0.25) is 0 Å². The van der Waals surface area contributed by atoms with E-state index in [1.165, 1.54) is 5.56 Å². The van der Waals surface area contributed by atoms with Crippen molar-refractivity contribution in [1.82, 2.24) is 0 Å². The molecular weight excluding hydrogens is 344 g/mol. The van der Waals surface area contributed by atoms with Crippen molar-refractivity contribution in [2.75, 3.05) is 0 Å². The molecule has 2 nitrogen and oxygen atoms in total. The van der Waals surface area contributed by atoms with Gasteiger partial charge in [0, 0.05) is 6.04 Å². The maximum absolute atomic E-state index is 6.80. The molecule has 138 valence electrons. The van der Waals surface area contributed by atoms with Crippen molar-refractivity contribution in [3.63, 3.8) is 0 Å². The summed E-state index contributed by atoms with van der Waals surface area (Å²) < 4.78 is 13.6. The predicted octanol–water partition coefficient (Wildman–Crippen LogP) is 5.11. The molecule has 1 aromatic rings. The molecule has 0 N–H and O–H groups in total. The fraction of sp³-hybridized carbons (Fsp3) is 0.684. The average Bonchev–Trinajstić information content (AvgIpc) is 2.49. The molecule has 0 saturated carbocycles. The Labute approximate surface area is 155 Å². The van der Waals surface area contributed by atoms with E-state index >= 15 is 0 Å². The normalized spacial score (nSPS) is 12.8. The number of benzene rings is 1. The molecule has 0 aliphatic heterocycles. The molecule has 0 amide bonds. The Morgan fingerprint density at radius 2 is 1.04 bits per heavy atom. The SMILES string of the molecule is CC(C)[SiH](O[SiH](Cc1ccccc1)O[SiH](C(C)C)C(C)C)C(C)C. The lowest BCUT2D eigenvalue weighted by Gasteiger charge is -2.33. The minimum atomic E-state index is -1.68. The third-order valence-corrected chi connectivity index (χ3v) is 15.5. The van der Waals surface area contributed by atoms with E-state index in [0.717, 1.165) is 6.04 Å². The summed E-state index contributed by atoms with van der Waals surface area (Å²) >= 11 is 0. The summed E-state index contributed by atoms with van der Waals surface area (Å²) in [6.45, 7) is 18.6. The zero-order valence-electron chi connectivity index (χ0n) is 17.0. The lowest BCUT2D eigenvalue weighted by atomic mass is 10.2. The molecule has 1 rings (SSSR count).